The van der Waals surface area contributed by atoms with Crippen LogP contribution in [0.3, 0.4) is 0 Å². The summed E-state index contributed by atoms with van der Waals surface area (Å²) in [6, 6.07) is 29.2. The minimum atomic E-state index is -3.55. The first kappa shape index (κ1) is 27.3. The van der Waals surface area contributed by atoms with Crippen LogP contribution >= 0.6 is 0 Å². The van der Waals surface area contributed by atoms with E-state index in [2.05, 4.69) is 10.5 Å². The number of benzene rings is 4. The Kier molecular flexibility index (Phi) is 8.53. The van der Waals surface area contributed by atoms with E-state index in [1.165, 1.54) is 10.5 Å². The van der Waals surface area contributed by atoms with Gasteiger partial charge in [-0.1, -0.05) is 42.5 Å². The van der Waals surface area contributed by atoms with Crippen molar-refractivity contribution >= 4 is 33.8 Å². The third-order valence-corrected chi connectivity index (χ3v) is 7.01. The minimum absolute atomic E-state index is 0.186. The Hall–Kier alpha value is -4.76. The fourth-order valence-electron chi connectivity index (χ4n) is 3.71. The van der Waals surface area contributed by atoms with Crippen LogP contribution in [0.2, 0.25) is 0 Å². The summed E-state index contributed by atoms with van der Waals surface area (Å²) in [5.74, 6) is -0.517. The minimum Gasteiger partial charge on any atom is -0.423 e. The lowest BCUT2D eigenvalue weighted by molar-refractivity contribution is 0.0734. The smallest absolute Gasteiger partial charge is 0.343 e. The molecule has 0 saturated heterocycles. The van der Waals surface area contributed by atoms with Gasteiger partial charge in [0.2, 0.25) is 10.0 Å². The normalized spacial score (nSPS) is 11.2. The van der Waals surface area contributed by atoms with Crippen molar-refractivity contribution in [3.63, 3.8) is 0 Å². The number of amides is 1. The first-order chi connectivity index (χ1) is 18.7. The van der Waals surface area contributed by atoms with Gasteiger partial charge < -0.3 is 4.74 Å². The molecule has 0 bridgehead atoms. The third kappa shape index (κ3) is 7.39. The van der Waals surface area contributed by atoms with Crippen molar-refractivity contribution in [1.29, 1.82) is 0 Å². The van der Waals surface area contributed by atoms with Gasteiger partial charge in [-0.25, -0.2) is 18.6 Å². The number of ether oxygens (including phenoxy) is 1. The van der Waals surface area contributed by atoms with Crippen LogP contribution in [-0.4, -0.2) is 32.8 Å². The van der Waals surface area contributed by atoms with Crippen molar-refractivity contribution in [1.82, 2.24) is 5.43 Å². The van der Waals surface area contributed by atoms with Crippen LogP contribution in [0.4, 0.5) is 5.69 Å². The zero-order chi connectivity index (χ0) is 27.8. The molecule has 0 aliphatic rings. The molecule has 1 N–H and O–H groups in total. The molecule has 1 amide bonds. The predicted molar refractivity (Wildman–Crippen MR) is 152 cm³/mol. The fourth-order valence-corrected chi connectivity index (χ4v) is 4.59. The van der Waals surface area contributed by atoms with E-state index < -0.39 is 21.9 Å². The van der Waals surface area contributed by atoms with Gasteiger partial charge in [-0.05, 0) is 84.3 Å². The van der Waals surface area contributed by atoms with Crippen LogP contribution in [0.1, 0.15) is 37.4 Å². The van der Waals surface area contributed by atoms with E-state index in [1.54, 1.807) is 72.8 Å². The summed E-state index contributed by atoms with van der Waals surface area (Å²) in [6.45, 7) is 2.12. The molecule has 0 fully saturated rings. The highest BCUT2D eigenvalue weighted by atomic mass is 32.2. The third-order valence-electron chi connectivity index (χ3n) is 5.87. The first-order valence-corrected chi connectivity index (χ1v) is 13.9. The van der Waals surface area contributed by atoms with Crippen molar-refractivity contribution in [2.45, 2.75) is 13.5 Å². The maximum atomic E-state index is 12.5. The molecule has 4 aromatic rings. The molecular weight excluding hydrogens is 514 g/mol. The highest BCUT2D eigenvalue weighted by molar-refractivity contribution is 7.92. The van der Waals surface area contributed by atoms with Gasteiger partial charge in [0, 0.05) is 5.56 Å². The average molecular weight is 542 g/mol. The number of esters is 1. The lowest BCUT2D eigenvalue weighted by Crippen LogP contribution is -2.29. The van der Waals surface area contributed by atoms with E-state index in [9.17, 15) is 18.0 Å². The molecular formula is C30H27N3O5S. The van der Waals surface area contributed by atoms with E-state index in [1.807, 2.05) is 37.3 Å². The van der Waals surface area contributed by atoms with Crippen molar-refractivity contribution in [3.05, 3.63) is 131 Å². The summed E-state index contributed by atoms with van der Waals surface area (Å²) in [7, 11) is -3.55. The highest BCUT2D eigenvalue weighted by Crippen LogP contribution is 2.22. The summed E-state index contributed by atoms with van der Waals surface area (Å²) >= 11 is 0. The molecule has 0 atom stereocenters. The molecule has 8 nitrogen and oxygen atoms in total. The number of sulfonamides is 1. The second-order valence-electron chi connectivity index (χ2n) is 8.77. The van der Waals surface area contributed by atoms with E-state index in [0.717, 1.165) is 17.4 Å². The number of nitrogens with one attached hydrogen (secondary N) is 1. The molecule has 0 unspecified atom stereocenters. The highest BCUT2D eigenvalue weighted by Gasteiger charge is 2.19. The van der Waals surface area contributed by atoms with Crippen molar-refractivity contribution < 1.29 is 22.7 Å². The van der Waals surface area contributed by atoms with E-state index >= 15 is 0 Å². The predicted octanol–water partition coefficient (Wildman–Crippen LogP) is 4.94. The molecule has 0 heterocycles. The number of carbonyl (C=O) groups is 2. The van der Waals surface area contributed by atoms with Crippen molar-refractivity contribution in [2.75, 3.05) is 10.6 Å². The molecule has 0 radical (unpaired) electrons. The summed E-state index contributed by atoms with van der Waals surface area (Å²) < 4.78 is 31.6. The Morgan fingerprint density at radius 2 is 1.49 bits per heavy atom. The second-order valence-corrected chi connectivity index (χ2v) is 10.7. The average Bonchev–Trinajstić information content (AvgIpc) is 2.93. The lowest BCUT2D eigenvalue weighted by atomic mass is 10.1. The molecule has 4 rings (SSSR count). The van der Waals surface area contributed by atoms with Gasteiger partial charge in [0.05, 0.1) is 30.3 Å². The maximum Gasteiger partial charge on any atom is 0.343 e. The fraction of sp³-hybridized carbons (Fsp3) is 0.100. The summed E-state index contributed by atoms with van der Waals surface area (Å²) in [5.41, 5.74) is 6.25. The molecule has 0 aliphatic carbocycles. The molecule has 39 heavy (non-hydrogen) atoms. The first-order valence-electron chi connectivity index (χ1n) is 12.0. The van der Waals surface area contributed by atoms with Gasteiger partial charge in [0.25, 0.3) is 5.91 Å². The Balaban J connectivity index is 1.36. The van der Waals surface area contributed by atoms with Crippen LogP contribution in [0, 0.1) is 6.92 Å². The maximum absolute atomic E-state index is 12.5. The molecule has 0 spiro atoms. The number of nitrogens with zero attached hydrogens (tertiary/aromatic N) is 2. The Morgan fingerprint density at radius 1 is 0.846 bits per heavy atom. The van der Waals surface area contributed by atoms with Gasteiger partial charge in [0.1, 0.15) is 5.75 Å². The van der Waals surface area contributed by atoms with E-state index in [0.29, 0.717) is 28.1 Å². The largest absolute Gasteiger partial charge is 0.423 e. The monoisotopic (exact) mass is 541 g/mol. The van der Waals surface area contributed by atoms with Crippen LogP contribution < -0.4 is 14.5 Å². The van der Waals surface area contributed by atoms with Gasteiger partial charge in [-0.15, -0.1) is 0 Å². The van der Waals surface area contributed by atoms with Gasteiger partial charge >= 0.3 is 5.97 Å². The van der Waals surface area contributed by atoms with Gasteiger partial charge in [-0.3, -0.25) is 9.10 Å². The summed E-state index contributed by atoms with van der Waals surface area (Å²) in [6.07, 6.45) is 2.61. The Bertz CT molecular complexity index is 1580. The van der Waals surface area contributed by atoms with E-state index in [4.69, 9.17) is 4.74 Å². The summed E-state index contributed by atoms with van der Waals surface area (Å²) in [5, 5.41) is 3.98. The van der Waals surface area contributed by atoms with Crippen molar-refractivity contribution in [2.24, 2.45) is 5.10 Å². The molecule has 198 valence electrons. The van der Waals surface area contributed by atoms with Crippen LogP contribution in [0.25, 0.3) is 0 Å². The number of aryl methyl sites for hydroxylation is 1. The molecule has 9 heteroatoms. The lowest BCUT2D eigenvalue weighted by Gasteiger charge is -2.23. The topological polar surface area (TPSA) is 105 Å². The second kappa shape index (κ2) is 12.2. The van der Waals surface area contributed by atoms with Crippen LogP contribution in [0.15, 0.2) is 108 Å². The number of carbonyl (C=O) groups excluding carboxylic acids is 2. The van der Waals surface area contributed by atoms with Crippen molar-refractivity contribution in [3.8, 4) is 5.75 Å². The Morgan fingerprint density at radius 3 is 2.13 bits per heavy atom. The van der Waals surface area contributed by atoms with Crippen LogP contribution in [0.5, 0.6) is 5.75 Å². The van der Waals surface area contributed by atoms with Gasteiger partial charge in [0.15, 0.2) is 0 Å². The number of rotatable bonds is 9. The van der Waals surface area contributed by atoms with Crippen LogP contribution in [-0.2, 0) is 16.6 Å². The van der Waals surface area contributed by atoms with E-state index in [-0.39, 0.29) is 6.54 Å². The SMILES string of the molecule is Cc1ccccc1CN(c1ccc(C(=O)N/N=C\c2ccc(OC(=O)c3ccccc3)cc2)cc1)S(C)(=O)=O. The number of hydrogen-bond donors (Lipinski definition) is 1. The molecule has 0 aliphatic heterocycles. The van der Waals surface area contributed by atoms with Gasteiger partial charge in [-0.2, -0.15) is 5.10 Å². The zero-order valence-electron chi connectivity index (χ0n) is 21.4. The molecule has 4 aromatic carbocycles. The molecule has 0 saturated carbocycles. The molecule has 0 aromatic heterocycles. The standard InChI is InChI=1S/C30H27N3O5S/c1-22-8-6-7-11-26(22)21-33(39(2,36)37)27-16-14-24(15-17-27)29(34)32-31-20-23-12-18-28(19-13-23)38-30(35)25-9-4-3-5-10-25/h3-20H,21H2,1-2H3,(H,32,34)/b31-20-. The number of anilines is 1. The number of hydrazone groups is 1. The summed E-state index contributed by atoms with van der Waals surface area (Å²) in [4.78, 5) is 24.7. The zero-order valence-corrected chi connectivity index (χ0v) is 22.3. The number of hydrogen-bond acceptors (Lipinski definition) is 6. The Labute approximate surface area is 227 Å². The quantitative estimate of drug-likeness (QED) is 0.140.